The monoisotopic (exact) mass is 342 g/mol. The van der Waals surface area contributed by atoms with E-state index >= 15 is 0 Å². The minimum absolute atomic E-state index is 0.533. The molecule has 0 amide bonds. The van der Waals surface area contributed by atoms with Gasteiger partial charge in [-0.2, -0.15) is 0 Å². The molecule has 2 saturated carbocycles. The van der Waals surface area contributed by atoms with Crippen molar-refractivity contribution in [3.05, 3.63) is 22.8 Å². The Bertz CT molecular complexity index is 576. The minimum Gasteiger partial charge on any atom is -0.382 e. The number of anilines is 2. The highest BCUT2D eigenvalue weighted by molar-refractivity contribution is 5.74. The van der Waals surface area contributed by atoms with Crippen molar-refractivity contribution in [3.63, 3.8) is 0 Å². The lowest BCUT2D eigenvalue weighted by Gasteiger charge is -2.29. The Labute approximate surface area is 155 Å². The van der Waals surface area contributed by atoms with Crippen LogP contribution in [-0.2, 0) is 0 Å². The molecule has 0 saturated heterocycles. The summed E-state index contributed by atoms with van der Waals surface area (Å²) in [6.45, 7) is 11.7. The fraction of sp³-hybridized carbons (Fsp3) is 0.739. The summed E-state index contributed by atoms with van der Waals surface area (Å²) in [6, 6.07) is 3.78. The average molecular weight is 343 g/mol. The van der Waals surface area contributed by atoms with Crippen molar-refractivity contribution in [3.8, 4) is 0 Å². The van der Waals surface area contributed by atoms with E-state index in [-0.39, 0.29) is 0 Å². The number of aryl methyl sites for hydroxylation is 1. The molecular weight excluding hydrogens is 304 g/mol. The zero-order chi connectivity index (χ0) is 18.0. The molecule has 2 fully saturated rings. The lowest BCUT2D eigenvalue weighted by atomic mass is 9.88. The molecule has 0 bridgehead atoms. The molecule has 2 aliphatic carbocycles. The Hall–Kier alpha value is -1.18. The first-order valence-electron chi connectivity index (χ1n) is 10.7. The van der Waals surface area contributed by atoms with Gasteiger partial charge >= 0.3 is 0 Å². The zero-order valence-corrected chi connectivity index (χ0v) is 17.0. The van der Waals surface area contributed by atoms with Crippen LogP contribution in [0.1, 0.15) is 108 Å². The summed E-state index contributed by atoms with van der Waals surface area (Å²) in [4.78, 5) is 0. The van der Waals surface area contributed by atoms with Gasteiger partial charge in [-0.15, -0.1) is 0 Å². The first-order valence-corrected chi connectivity index (χ1v) is 10.7. The van der Waals surface area contributed by atoms with Crippen LogP contribution in [0.15, 0.2) is 6.07 Å². The van der Waals surface area contributed by atoms with Gasteiger partial charge in [0.1, 0.15) is 0 Å². The van der Waals surface area contributed by atoms with E-state index in [0.29, 0.717) is 23.9 Å². The van der Waals surface area contributed by atoms with Crippen molar-refractivity contribution in [1.29, 1.82) is 0 Å². The van der Waals surface area contributed by atoms with Gasteiger partial charge in [0.25, 0.3) is 0 Å². The van der Waals surface area contributed by atoms with E-state index in [1.54, 1.807) is 0 Å². The molecule has 0 unspecified atom stereocenters. The quantitative estimate of drug-likeness (QED) is 0.584. The number of hydrogen-bond donors (Lipinski definition) is 2. The molecule has 140 valence electrons. The maximum atomic E-state index is 3.99. The van der Waals surface area contributed by atoms with Gasteiger partial charge in [-0.1, -0.05) is 59.4 Å². The molecule has 0 aliphatic heterocycles. The van der Waals surface area contributed by atoms with E-state index in [9.17, 15) is 0 Å². The molecule has 2 N–H and O–H groups in total. The summed E-state index contributed by atoms with van der Waals surface area (Å²) in [5.41, 5.74) is 7.33. The minimum atomic E-state index is 0.533. The van der Waals surface area contributed by atoms with Crippen molar-refractivity contribution in [1.82, 2.24) is 0 Å². The van der Waals surface area contributed by atoms with E-state index < -0.39 is 0 Å². The molecule has 0 spiro atoms. The SMILES string of the molecule is Cc1cc(C(C)C)c(NC2CCCC2)c(C(C)C)c1NC1CCCC1. The highest BCUT2D eigenvalue weighted by atomic mass is 15.0. The maximum absolute atomic E-state index is 3.99. The van der Waals surface area contributed by atoms with E-state index in [1.807, 2.05) is 0 Å². The Balaban J connectivity index is 2.03. The molecule has 2 heteroatoms. The normalized spacial score (nSPS) is 19.3. The van der Waals surface area contributed by atoms with Gasteiger partial charge in [-0.05, 0) is 55.6 Å². The summed E-state index contributed by atoms with van der Waals surface area (Å²) in [5.74, 6) is 1.09. The second-order valence-corrected chi connectivity index (χ2v) is 9.01. The van der Waals surface area contributed by atoms with Crippen LogP contribution in [0, 0.1) is 6.92 Å². The average Bonchev–Trinajstić information content (AvgIpc) is 3.23. The first kappa shape index (κ1) is 18.6. The highest BCUT2D eigenvalue weighted by Crippen LogP contribution is 2.42. The van der Waals surface area contributed by atoms with Crippen LogP contribution in [0.3, 0.4) is 0 Å². The van der Waals surface area contributed by atoms with E-state index in [1.165, 1.54) is 79.4 Å². The molecule has 3 rings (SSSR count). The zero-order valence-electron chi connectivity index (χ0n) is 17.0. The predicted molar refractivity (Wildman–Crippen MR) is 111 cm³/mol. The summed E-state index contributed by atoms with van der Waals surface area (Å²) in [7, 11) is 0. The highest BCUT2D eigenvalue weighted by Gasteiger charge is 2.25. The van der Waals surface area contributed by atoms with E-state index in [2.05, 4.69) is 51.3 Å². The molecule has 0 radical (unpaired) electrons. The third-order valence-corrected chi connectivity index (χ3v) is 6.20. The van der Waals surface area contributed by atoms with Crippen LogP contribution in [0.2, 0.25) is 0 Å². The smallest absolute Gasteiger partial charge is 0.0433 e. The third-order valence-electron chi connectivity index (χ3n) is 6.20. The fourth-order valence-electron chi connectivity index (χ4n) is 4.80. The second kappa shape index (κ2) is 8.01. The van der Waals surface area contributed by atoms with Gasteiger partial charge in [-0.25, -0.2) is 0 Å². The van der Waals surface area contributed by atoms with Crippen molar-refractivity contribution in [2.45, 2.75) is 110 Å². The lowest BCUT2D eigenvalue weighted by molar-refractivity contribution is 0.732. The van der Waals surface area contributed by atoms with Crippen LogP contribution >= 0.6 is 0 Å². The largest absolute Gasteiger partial charge is 0.382 e. The lowest BCUT2D eigenvalue weighted by Crippen LogP contribution is -2.22. The molecular formula is C23H38N2. The number of hydrogen-bond acceptors (Lipinski definition) is 2. The Morgan fingerprint density at radius 3 is 1.68 bits per heavy atom. The number of benzene rings is 1. The molecule has 0 aromatic heterocycles. The Kier molecular flexibility index (Phi) is 5.96. The topological polar surface area (TPSA) is 24.1 Å². The fourth-order valence-corrected chi connectivity index (χ4v) is 4.80. The van der Waals surface area contributed by atoms with Crippen LogP contribution in [0.4, 0.5) is 11.4 Å². The van der Waals surface area contributed by atoms with Crippen molar-refractivity contribution >= 4 is 11.4 Å². The molecule has 0 atom stereocenters. The Morgan fingerprint density at radius 2 is 1.24 bits per heavy atom. The van der Waals surface area contributed by atoms with Crippen molar-refractivity contribution in [2.75, 3.05) is 10.6 Å². The predicted octanol–water partition coefficient (Wildman–Crippen LogP) is 6.95. The standard InChI is InChI=1S/C23H38N2/c1-15(2)20-14-17(5)22(24-18-10-6-7-11-18)21(16(3)4)23(20)25-19-12-8-9-13-19/h14-16,18-19,24-25H,6-13H2,1-5H3. The Morgan fingerprint density at radius 1 is 0.760 bits per heavy atom. The van der Waals surface area contributed by atoms with Gasteiger partial charge in [0.2, 0.25) is 0 Å². The van der Waals surface area contributed by atoms with Crippen LogP contribution in [0.25, 0.3) is 0 Å². The molecule has 2 nitrogen and oxygen atoms in total. The van der Waals surface area contributed by atoms with Gasteiger partial charge in [0.05, 0.1) is 0 Å². The van der Waals surface area contributed by atoms with Crippen LogP contribution in [0.5, 0.6) is 0 Å². The van der Waals surface area contributed by atoms with Crippen molar-refractivity contribution < 1.29 is 0 Å². The van der Waals surface area contributed by atoms with Gasteiger partial charge < -0.3 is 10.6 Å². The third kappa shape index (κ3) is 4.15. The maximum Gasteiger partial charge on any atom is 0.0433 e. The molecule has 1 aromatic rings. The molecule has 2 aliphatic rings. The van der Waals surface area contributed by atoms with Crippen LogP contribution < -0.4 is 10.6 Å². The summed E-state index contributed by atoms with van der Waals surface area (Å²) < 4.78 is 0. The summed E-state index contributed by atoms with van der Waals surface area (Å²) >= 11 is 0. The second-order valence-electron chi connectivity index (χ2n) is 9.01. The van der Waals surface area contributed by atoms with Gasteiger partial charge in [-0.3, -0.25) is 0 Å². The van der Waals surface area contributed by atoms with Crippen molar-refractivity contribution in [2.24, 2.45) is 0 Å². The first-order chi connectivity index (χ1) is 12.0. The number of rotatable bonds is 6. The molecule has 25 heavy (non-hydrogen) atoms. The van der Waals surface area contributed by atoms with Gasteiger partial charge in [0, 0.05) is 29.0 Å². The summed E-state index contributed by atoms with van der Waals surface area (Å²) in [6.07, 6.45) is 10.8. The number of nitrogens with one attached hydrogen (secondary N) is 2. The molecule has 0 heterocycles. The van der Waals surface area contributed by atoms with Gasteiger partial charge in [0.15, 0.2) is 0 Å². The summed E-state index contributed by atoms with van der Waals surface area (Å²) in [5, 5.41) is 7.94. The van der Waals surface area contributed by atoms with E-state index in [0.717, 1.165) is 0 Å². The van der Waals surface area contributed by atoms with Crippen LogP contribution in [-0.4, -0.2) is 12.1 Å². The molecule has 1 aromatic carbocycles. The van der Waals surface area contributed by atoms with E-state index in [4.69, 9.17) is 0 Å².